The molecule has 0 spiro atoms. The molecule has 6 nitrogen and oxygen atoms in total. The molecule has 1 amide bonds. The minimum atomic E-state index is -1.18. The zero-order valence-corrected chi connectivity index (χ0v) is 15.7. The largest absolute Gasteiger partial charge is 0.491 e. The van der Waals surface area contributed by atoms with Crippen LogP contribution in [0.4, 0.5) is 4.79 Å². The number of fused-ring (bicyclic) bond motifs is 1. The van der Waals surface area contributed by atoms with Crippen molar-refractivity contribution < 1.29 is 23.5 Å². The lowest BCUT2D eigenvalue weighted by molar-refractivity contribution is 0.0640. The number of halogens is 1. The highest BCUT2D eigenvalue weighted by atomic mass is 79.9. The molecule has 3 rings (SSSR count). The van der Waals surface area contributed by atoms with E-state index in [2.05, 4.69) is 20.7 Å². The van der Waals surface area contributed by atoms with Gasteiger partial charge in [0.25, 0.3) is 0 Å². The molecule has 0 saturated heterocycles. The number of furan rings is 1. The average molecular weight is 418 g/mol. The second-order valence-corrected chi connectivity index (χ2v) is 6.76. The number of esters is 1. The minimum Gasteiger partial charge on any atom is -0.491 e. The van der Waals surface area contributed by atoms with Gasteiger partial charge in [-0.2, -0.15) is 0 Å². The lowest BCUT2D eigenvalue weighted by Gasteiger charge is -2.09. The molecule has 134 valence electrons. The predicted molar refractivity (Wildman–Crippen MR) is 100 cm³/mol. The standard InChI is InChI=1S/C19H16BrNO5/c1-10(2)24-13-7-8-15-14(9-13)16(18(22)26-19(21)23)17(25-15)11-3-5-12(20)6-4-11/h3-10H,1-2H3,(H2,21,23). The highest BCUT2D eigenvalue weighted by Gasteiger charge is 2.25. The smallest absolute Gasteiger partial charge is 0.412 e. The Hall–Kier alpha value is -2.80. The number of benzene rings is 2. The van der Waals surface area contributed by atoms with Crippen LogP contribution in [0.25, 0.3) is 22.3 Å². The fourth-order valence-electron chi connectivity index (χ4n) is 2.57. The number of rotatable bonds is 4. The van der Waals surface area contributed by atoms with Gasteiger partial charge in [0.1, 0.15) is 22.7 Å². The van der Waals surface area contributed by atoms with E-state index in [1.165, 1.54) is 0 Å². The van der Waals surface area contributed by atoms with Crippen molar-refractivity contribution in [2.45, 2.75) is 20.0 Å². The molecule has 0 atom stereocenters. The molecule has 0 aliphatic rings. The Bertz CT molecular complexity index is 976. The lowest BCUT2D eigenvalue weighted by Crippen LogP contribution is -2.18. The van der Waals surface area contributed by atoms with Crippen LogP contribution in [-0.2, 0) is 4.74 Å². The molecule has 2 N–H and O–H groups in total. The van der Waals surface area contributed by atoms with Crippen LogP contribution in [0.5, 0.6) is 5.75 Å². The maximum atomic E-state index is 12.5. The van der Waals surface area contributed by atoms with Crippen LogP contribution in [-0.4, -0.2) is 18.2 Å². The molecule has 26 heavy (non-hydrogen) atoms. The van der Waals surface area contributed by atoms with Crippen LogP contribution in [0.2, 0.25) is 0 Å². The number of carbonyl (C=O) groups is 2. The van der Waals surface area contributed by atoms with Crippen LogP contribution in [0.15, 0.2) is 51.4 Å². The fraction of sp³-hybridized carbons (Fsp3) is 0.158. The van der Waals surface area contributed by atoms with E-state index >= 15 is 0 Å². The normalized spacial score (nSPS) is 10.9. The van der Waals surface area contributed by atoms with E-state index in [4.69, 9.17) is 14.9 Å². The number of ether oxygens (including phenoxy) is 2. The Morgan fingerprint density at radius 1 is 1.12 bits per heavy atom. The van der Waals surface area contributed by atoms with Gasteiger partial charge < -0.3 is 19.6 Å². The van der Waals surface area contributed by atoms with Gasteiger partial charge >= 0.3 is 12.1 Å². The number of carbonyl (C=O) groups excluding carboxylic acids is 2. The van der Waals surface area contributed by atoms with Crippen LogP contribution in [0.3, 0.4) is 0 Å². The summed E-state index contributed by atoms with van der Waals surface area (Å²) in [5, 5.41) is 0.479. The Morgan fingerprint density at radius 3 is 2.42 bits per heavy atom. The number of amides is 1. The van der Waals surface area contributed by atoms with Gasteiger partial charge in [-0.05, 0) is 44.2 Å². The first-order valence-electron chi connectivity index (χ1n) is 7.86. The Kier molecular flexibility index (Phi) is 4.99. The summed E-state index contributed by atoms with van der Waals surface area (Å²) in [6.07, 6.45) is -1.22. The van der Waals surface area contributed by atoms with Gasteiger partial charge in [0, 0.05) is 15.4 Å². The van der Waals surface area contributed by atoms with Gasteiger partial charge in [0.2, 0.25) is 0 Å². The van der Waals surface area contributed by atoms with Crippen molar-refractivity contribution >= 4 is 39.0 Å². The highest BCUT2D eigenvalue weighted by Crippen LogP contribution is 2.36. The van der Waals surface area contributed by atoms with Crippen LogP contribution in [0.1, 0.15) is 24.2 Å². The van der Waals surface area contributed by atoms with Crippen LogP contribution >= 0.6 is 15.9 Å². The second kappa shape index (κ2) is 7.21. The molecule has 0 fully saturated rings. The molecule has 0 saturated carbocycles. The maximum absolute atomic E-state index is 12.5. The summed E-state index contributed by atoms with van der Waals surface area (Å²) in [6.45, 7) is 3.80. The van der Waals surface area contributed by atoms with E-state index in [9.17, 15) is 9.59 Å². The Labute approximate surface area is 158 Å². The summed E-state index contributed by atoms with van der Waals surface area (Å²) >= 11 is 3.37. The van der Waals surface area contributed by atoms with E-state index in [1.807, 2.05) is 26.0 Å². The van der Waals surface area contributed by atoms with Crippen LogP contribution < -0.4 is 10.5 Å². The van der Waals surface area contributed by atoms with E-state index in [0.717, 1.165) is 4.47 Å². The monoisotopic (exact) mass is 417 g/mol. The van der Waals surface area contributed by atoms with Crippen molar-refractivity contribution in [2.75, 3.05) is 0 Å². The van der Waals surface area contributed by atoms with Gasteiger partial charge in [0.05, 0.1) is 6.10 Å². The topological polar surface area (TPSA) is 91.8 Å². The lowest BCUT2D eigenvalue weighted by atomic mass is 10.1. The summed E-state index contributed by atoms with van der Waals surface area (Å²) < 4.78 is 17.0. The van der Waals surface area contributed by atoms with E-state index in [0.29, 0.717) is 28.0 Å². The quantitative estimate of drug-likeness (QED) is 0.482. The summed E-state index contributed by atoms with van der Waals surface area (Å²) in [4.78, 5) is 23.6. The molecule has 0 aliphatic heterocycles. The van der Waals surface area contributed by atoms with E-state index in [-0.39, 0.29) is 11.7 Å². The molecule has 7 heteroatoms. The van der Waals surface area contributed by atoms with Crippen molar-refractivity contribution in [3.63, 3.8) is 0 Å². The molecular formula is C19H16BrNO5. The molecule has 2 aromatic carbocycles. The van der Waals surface area contributed by atoms with Crippen molar-refractivity contribution in [2.24, 2.45) is 5.73 Å². The summed E-state index contributed by atoms with van der Waals surface area (Å²) in [6, 6.07) is 12.3. The zero-order chi connectivity index (χ0) is 18.8. The molecule has 0 unspecified atom stereocenters. The first-order valence-corrected chi connectivity index (χ1v) is 8.65. The molecule has 1 aromatic heterocycles. The number of hydrogen-bond donors (Lipinski definition) is 1. The fourth-order valence-corrected chi connectivity index (χ4v) is 2.84. The first-order chi connectivity index (χ1) is 12.3. The third-order valence-corrected chi connectivity index (χ3v) is 4.06. The van der Waals surface area contributed by atoms with Crippen molar-refractivity contribution in [3.8, 4) is 17.1 Å². The third kappa shape index (κ3) is 3.72. The van der Waals surface area contributed by atoms with Gasteiger partial charge in [-0.15, -0.1) is 0 Å². The molecule has 1 heterocycles. The van der Waals surface area contributed by atoms with Crippen molar-refractivity contribution in [3.05, 3.63) is 52.5 Å². The van der Waals surface area contributed by atoms with E-state index < -0.39 is 12.1 Å². The molecular weight excluding hydrogens is 402 g/mol. The Morgan fingerprint density at radius 2 is 1.81 bits per heavy atom. The van der Waals surface area contributed by atoms with Crippen molar-refractivity contribution in [1.82, 2.24) is 0 Å². The highest BCUT2D eigenvalue weighted by molar-refractivity contribution is 9.10. The molecule has 0 aliphatic carbocycles. The number of nitrogens with two attached hydrogens (primary N) is 1. The minimum absolute atomic E-state index is 0.0358. The van der Waals surface area contributed by atoms with Gasteiger partial charge in [-0.25, -0.2) is 9.59 Å². The zero-order valence-electron chi connectivity index (χ0n) is 14.1. The average Bonchev–Trinajstić information content (AvgIpc) is 2.93. The summed E-state index contributed by atoms with van der Waals surface area (Å²) in [7, 11) is 0. The Balaban J connectivity index is 2.20. The number of primary amides is 1. The predicted octanol–water partition coefficient (Wildman–Crippen LogP) is 4.89. The van der Waals surface area contributed by atoms with Gasteiger partial charge in [0.15, 0.2) is 0 Å². The summed E-state index contributed by atoms with van der Waals surface area (Å²) in [5.41, 5.74) is 6.25. The first kappa shape index (κ1) is 18.0. The molecule has 3 aromatic rings. The molecule has 0 radical (unpaired) electrons. The molecule has 0 bridgehead atoms. The van der Waals surface area contributed by atoms with Gasteiger partial charge in [-0.1, -0.05) is 28.1 Å². The van der Waals surface area contributed by atoms with Gasteiger partial charge in [-0.3, -0.25) is 0 Å². The second-order valence-electron chi connectivity index (χ2n) is 5.85. The van der Waals surface area contributed by atoms with Crippen LogP contribution in [0, 0.1) is 0 Å². The van der Waals surface area contributed by atoms with E-state index in [1.54, 1.807) is 30.3 Å². The third-order valence-electron chi connectivity index (χ3n) is 3.54. The number of hydrogen-bond acceptors (Lipinski definition) is 5. The SMILES string of the molecule is CC(C)Oc1ccc2oc(-c3ccc(Br)cc3)c(C(=O)OC(N)=O)c2c1. The summed E-state index contributed by atoms with van der Waals surface area (Å²) in [5.74, 6) is -0.0138. The maximum Gasteiger partial charge on any atom is 0.412 e. The van der Waals surface area contributed by atoms with Crippen molar-refractivity contribution in [1.29, 1.82) is 0 Å².